The predicted molar refractivity (Wildman–Crippen MR) is 138 cm³/mol. The number of rotatable bonds is 7. The van der Waals surface area contributed by atoms with Gasteiger partial charge in [-0.25, -0.2) is 4.39 Å². The van der Waals surface area contributed by atoms with Crippen LogP contribution in [0, 0.1) is 5.82 Å². The number of nitrogens with one attached hydrogen (secondary N) is 2. The van der Waals surface area contributed by atoms with Gasteiger partial charge in [-0.05, 0) is 38.4 Å². The molecule has 0 aliphatic rings. The topological polar surface area (TPSA) is 87.5 Å². The minimum absolute atomic E-state index is 0.0592. The second-order valence-electron chi connectivity index (χ2n) is 8.09. The summed E-state index contributed by atoms with van der Waals surface area (Å²) in [6.45, 7) is 0.605. The van der Waals surface area contributed by atoms with Crippen LogP contribution in [-0.2, 0) is 4.79 Å². The maximum Gasteiger partial charge on any atom is 0.248 e. The van der Waals surface area contributed by atoms with E-state index < -0.39 is 11.7 Å². The highest BCUT2D eigenvalue weighted by atomic mass is 32.1. The van der Waals surface area contributed by atoms with E-state index in [4.69, 9.17) is 4.98 Å². The van der Waals surface area contributed by atoms with E-state index in [0.29, 0.717) is 29.7 Å². The van der Waals surface area contributed by atoms with Crippen molar-refractivity contribution in [2.24, 2.45) is 0 Å². The third kappa shape index (κ3) is 4.88. The average molecular weight is 488 g/mol. The Balaban J connectivity index is 1.45. The van der Waals surface area contributed by atoms with Crippen LogP contribution in [0.4, 0.5) is 21.7 Å². The quantitative estimate of drug-likeness (QED) is 0.316. The SMILES string of the molecule is CN(C)CC=CC(=O)Nc1cc(Nc2nc(-c3csc4ccccc34)n3nccc3n2)ccc1F. The molecule has 0 saturated carbocycles. The molecule has 3 heterocycles. The first-order valence-electron chi connectivity index (χ1n) is 10.8. The second kappa shape index (κ2) is 9.61. The molecule has 0 radical (unpaired) electrons. The highest BCUT2D eigenvalue weighted by Crippen LogP contribution is 2.33. The van der Waals surface area contributed by atoms with Crippen molar-refractivity contribution in [3.63, 3.8) is 0 Å². The molecule has 0 aliphatic heterocycles. The van der Waals surface area contributed by atoms with E-state index >= 15 is 0 Å². The van der Waals surface area contributed by atoms with Gasteiger partial charge in [0.05, 0.1) is 11.9 Å². The molecule has 0 saturated heterocycles. The van der Waals surface area contributed by atoms with Crippen LogP contribution in [0.5, 0.6) is 0 Å². The number of aromatic nitrogens is 4. The van der Waals surface area contributed by atoms with Gasteiger partial charge in [0.1, 0.15) is 5.82 Å². The molecule has 10 heteroatoms. The summed E-state index contributed by atoms with van der Waals surface area (Å²) in [5, 5.41) is 13.2. The molecule has 2 N–H and O–H groups in total. The molecule has 3 aromatic heterocycles. The summed E-state index contributed by atoms with van der Waals surface area (Å²) >= 11 is 1.63. The van der Waals surface area contributed by atoms with E-state index in [9.17, 15) is 9.18 Å². The number of hydrogen-bond acceptors (Lipinski definition) is 7. The van der Waals surface area contributed by atoms with Gasteiger partial charge in [0.25, 0.3) is 0 Å². The molecule has 0 unspecified atom stereocenters. The standard InChI is InChI=1S/C25H22FN7OS/c1-32(2)13-5-8-23(34)29-20-14-16(9-10-19(20)26)28-25-30-22-11-12-27-33(22)24(31-25)18-15-35-21-7-4-3-6-17(18)21/h3-12,14-15H,13H2,1-2H3,(H,28,30)(H,29,34). The lowest BCUT2D eigenvalue weighted by molar-refractivity contribution is -0.111. The number of thiophene rings is 1. The Bertz CT molecular complexity index is 1560. The zero-order chi connectivity index (χ0) is 24.4. The second-order valence-corrected chi connectivity index (χ2v) is 9.00. The fraction of sp³-hybridized carbons (Fsp3) is 0.120. The predicted octanol–water partition coefficient (Wildman–Crippen LogP) is 4.95. The maximum absolute atomic E-state index is 14.4. The van der Waals surface area contributed by atoms with Gasteiger partial charge in [0.2, 0.25) is 11.9 Å². The summed E-state index contributed by atoms with van der Waals surface area (Å²) in [6, 6.07) is 14.3. The molecular weight excluding hydrogens is 465 g/mol. The number of halogens is 1. The van der Waals surface area contributed by atoms with Crippen molar-refractivity contribution < 1.29 is 9.18 Å². The van der Waals surface area contributed by atoms with Gasteiger partial charge >= 0.3 is 0 Å². The van der Waals surface area contributed by atoms with Crippen LogP contribution in [0.1, 0.15) is 0 Å². The first kappa shape index (κ1) is 22.6. The molecule has 176 valence electrons. The van der Waals surface area contributed by atoms with E-state index in [1.54, 1.807) is 40.3 Å². The Labute approximate surface area is 204 Å². The van der Waals surface area contributed by atoms with Gasteiger partial charge < -0.3 is 15.5 Å². The van der Waals surface area contributed by atoms with Gasteiger partial charge in [-0.2, -0.15) is 19.6 Å². The molecule has 35 heavy (non-hydrogen) atoms. The zero-order valence-corrected chi connectivity index (χ0v) is 19.9. The van der Waals surface area contributed by atoms with Crippen LogP contribution >= 0.6 is 11.3 Å². The van der Waals surface area contributed by atoms with E-state index in [1.807, 2.05) is 42.6 Å². The largest absolute Gasteiger partial charge is 0.324 e. The van der Waals surface area contributed by atoms with Gasteiger partial charge in [-0.1, -0.05) is 24.3 Å². The summed E-state index contributed by atoms with van der Waals surface area (Å²) in [6.07, 6.45) is 4.76. The number of carbonyl (C=O) groups is 1. The number of nitrogens with zero attached hydrogens (tertiary/aromatic N) is 5. The fourth-order valence-corrected chi connectivity index (χ4v) is 4.52. The monoisotopic (exact) mass is 487 g/mol. The third-order valence-corrected chi connectivity index (χ3v) is 6.16. The van der Waals surface area contributed by atoms with Crippen LogP contribution in [0.3, 0.4) is 0 Å². The maximum atomic E-state index is 14.4. The fourth-order valence-electron chi connectivity index (χ4n) is 3.58. The van der Waals surface area contributed by atoms with Crippen molar-refractivity contribution in [2.75, 3.05) is 31.3 Å². The van der Waals surface area contributed by atoms with Crippen molar-refractivity contribution in [2.45, 2.75) is 0 Å². The number of hydrogen-bond donors (Lipinski definition) is 2. The lowest BCUT2D eigenvalue weighted by Crippen LogP contribution is -2.13. The molecular formula is C25H22FN7OS. The number of carbonyl (C=O) groups excluding carboxylic acids is 1. The Hall–Kier alpha value is -4.15. The van der Waals surface area contributed by atoms with Crippen LogP contribution in [0.2, 0.25) is 0 Å². The van der Waals surface area contributed by atoms with Crippen LogP contribution in [-0.4, -0.2) is 51.0 Å². The van der Waals surface area contributed by atoms with E-state index in [1.165, 1.54) is 18.2 Å². The normalized spacial score (nSPS) is 11.7. The highest BCUT2D eigenvalue weighted by molar-refractivity contribution is 7.17. The number of likely N-dealkylation sites (N-methyl/N-ethyl adjacent to an activating group) is 1. The number of amides is 1. The lowest BCUT2D eigenvalue weighted by Gasteiger charge is -2.11. The van der Waals surface area contributed by atoms with Gasteiger partial charge in [0, 0.05) is 45.4 Å². The van der Waals surface area contributed by atoms with Crippen LogP contribution in [0.15, 0.2) is 72.3 Å². The minimum Gasteiger partial charge on any atom is -0.324 e. The van der Waals surface area contributed by atoms with Crippen molar-refractivity contribution in [3.8, 4) is 11.4 Å². The Morgan fingerprint density at radius 2 is 2.03 bits per heavy atom. The molecule has 0 aliphatic carbocycles. The van der Waals surface area contributed by atoms with E-state index in [-0.39, 0.29) is 5.69 Å². The molecule has 0 fully saturated rings. The summed E-state index contributed by atoms with van der Waals surface area (Å²) in [7, 11) is 3.79. The summed E-state index contributed by atoms with van der Waals surface area (Å²) in [4.78, 5) is 23.3. The summed E-state index contributed by atoms with van der Waals surface area (Å²) in [5.41, 5.74) is 2.16. The highest BCUT2D eigenvalue weighted by Gasteiger charge is 2.15. The minimum atomic E-state index is -0.539. The Kier molecular flexibility index (Phi) is 6.21. The number of benzene rings is 2. The third-order valence-electron chi connectivity index (χ3n) is 5.20. The average Bonchev–Trinajstić information content (AvgIpc) is 3.47. The van der Waals surface area contributed by atoms with Crippen LogP contribution < -0.4 is 10.6 Å². The molecule has 5 rings (SSSR count). The molecule has 8 nitrogen and oxygen atoms in total. The first-order valence-corrected chi connectivity index (χ1v) is 11.7. The van der Waals surface area contributed by atoms with Gasteiger partial charge in [0.15, 0.2) is 11.5 Å². The molecule has 0 bridgehead atoms. The zero-order valence-electron chi connectivity index (χ0n) is 19.1. The Morgan fingerprint density at radius 3 is 2.89 bits per heavy atom. The van der Waals surface area contributed by atoms with Crippen molar-refractivity contribution in [3.05, 3.63) is 78.1 Å². The van der Waals surface area contributed by atoms with Gasteiger partial charge in [-0.15, -0.1) is 11.3 Å². The van der Waals surface area contributed by atoms with E-state index in [0.717, 1.165) is 15.6 Å². The molecule has 1 amide bonds. The Morgan fingerprint density at radius 1 is 1.17 bits per heavy atom. The molecule has 0 spiro atoms. The smallest absolute Gasteiger partial charge is 0.248 e. The van der Waals surface area contributed by atoms with Gasteiger partial charge in [-0.3, -0.25) is 4.79 Å². The number of anilines is 3. The molecule has 0 atom stereocenters. The molecule has 5 aromatic rings. The summed E-state index contributed by atoms with van der Waals surface area (Å²) < 4.78 is 17.2. The van der Waals surface area contributed by atoms with Crippen molar-refractivity contribution in [1.82, 2.24) is 24.5 Å². The lowest BCUT2D eigenvalue weighted by atomic mass is 10.1. The first-order chi connectivity index (χ1) is 17.0. The van der Waals surface area contributed by atoms with Crippen LogP contribution in [0.25, 0.3) is 27.1 Å². The molecule has 2 aromatic carbocycles. The van der Waals surface area contributed by atoms with Crippen molar-refractivity contribution in [1.29, 1.82) is 0 Å². The number of fused-ring (bicyclic) bond motifs is 2. The van der Waals surface area contributed by atoms with E-state index in [2.05, 4.69) is 26.8 Å². The summed E-state index contributed by atoms with van der Waals surface area (Å²) in [5.74, 6) is 0.0219. The van der Waals surface area contributed by atoms with Crippen molar-refractivity contribution >= 4 is 50.3 Å².